The van der Waals surface area contributed by atoms with Crippen molar-refractivity contribution in [3.63, 3.8) is 0 Å². The number of nitrogens with one attached hydrogen (secondary N) is 1. The lowest BCUT2D eigenvalue weighted by Crippen LogP contribution is -2.16. The monoisotopic (exact) mass is 285 g/mol. The fourth-order valence-electron chi connectivity index (χ4n) is 1.90. The van der Waals surface area contributed by atoms with Gasteiger partial charge in [-0.25, -0.2) is 4.98 Å². The molecule has 1 aromatic heterocycles. The summed E-state index contributed by atoms with van der Waals surface area (Å²) in [6.07, 6.45) is 0.946. The first kappa shape index (κ1) is 14.7. The lowest BCUT2D eigenvalue weighted by molar-refractivity contribution is 0.679. The van der Waals surface area contributed by atoms with Crippen LogP contribution in [0.1, 0.15) is 41.6 Å². The molecule has 0 bridgehead atoms. The summed E-state index contributed by atoms with van der Waals surface area (Å²) in [5.41, 5.74) is 3.02. The van der Waals surface area contributed by atoms with Gasteiger partial charge in [0, 0.05) is 30.8 Å². The third kappa shape index (κ3) is 4.16. The Labute approximate surface area is 124 Å². The Morgan fingerprint density at radius 3 is 2.95 bits per heavy atom. The van der Waals surface area contributed by atoms with Crippen molar-refractivity contribution in [2.24, 2.45) is 0 Å². The molecule has 0 saturated heterocycles. The normalized spacial score (nSPS) is 10.7. The van der Waals surface area contributed by atoms with E-state index in [1.54, 1.807) is 11.3 Å². The van der Waals surface area contributed by atoms with Gasteiger partial charge in [-0.15, -0.1) is 11.3 Å². The molecule has 1 aromatic carbocycles. The van der Waals surface area contributed by atoms with Gasteiger partial charge in [-0.1, -0.05) is 26.0 Å². The van der Waals surface area contributed by atoms with Crippen molar-refractivity contribution in [2.45, 2.75) is 32.7 Å². The zero-order chi connectivity index (χ0) is 14.4. The largest absolute Gasteiger partial charge is 0.312 e. The van der Waals surface area contributed by atoms with E-state index in [0.29, 0.717) is 11.5 Å². The predicted octanol–water partition coefficient (Wildman–Crippen LogP) is 3.47. The summed E-state index contributed by atoms with van der Waals surface area (Å²) in [5.74, 6) is 0.510. The average Bonchev–Trinajstić information content (AvgIpc) is 2.93. The van der Waals surface area contributed by atoms with E-state index >= 15 is 0 Å². The highest BCUT2D eigenvalue weighted by Crippen LogP contribution is 2.19. The van der Waals surface area contributed by atoms with Gasteiger partial charge in [-0.05, 0) is 17.7 Å². The number of hydrogen-bond acceptors (Lipinski definition) is 4. The topological polar surface area (TPSA) is 48.7 Å². The molecule has 0 atom stereocenters. The molecule has 0 unspecified atom stereocenters. The van der Waals surface area contributed by atoms with E-state index < -0.39 is 0 Å². The molecule has 0 aliphatic rings. The van der Waals surface area contributed by atoms with Crippen LogP contribution >= 0.6 is 11.3 Å². The smallest absolute Gasteiger partial charge is 0.0991 e. The number of aromatic nitrogens is 1. The van der Waals surface area contributed by atoms with Gasteiger partial charge < -0.3 is 5.32 Å². The maximum absolute atomic E-state index is 8.85. The van der Waals surface area contributed by atoms with Gasteiger partial charge in [0.1, 0.15) is 0 Å². The maximum Gasteiger partial charge on any atom is 0.0991 e. The number of hydrogen-bond donors (Lipinski definition) is 1. The molecular formula is C16H19N3S. The molecule has 0 aliphatic heterocycles. The summed E-state index contributed by atoms with van der Waals surface area (Å²) in [4.78, 5) is 4.62. The molecular weight excluding hydrogens is 266 g/mol. The van der Waals surface area contributed by atoms with Crippen molar-refractivity contribution in [3.05, 3.63) is 51.5 Å². The number of nitrogens with zero attached hydrogens (tertiary/aromatic N) is 2. The molecule has 20 heavy (non-hydrogen) atoms. The second-order valence-corrected chi connectivity index (χ2v) is 5.96. The molecule has 104 valence electrons. The van der Waals surface area contributed by atoms with Gasteiger partial charge in [-0.2, -0.15) is 5.26 Å². The molecule has 1 heterocycles. The average molecular weight is 285 g/mol. The second kappa shape index (κ2) is 7.18. The summed E-state index contributed by atoms with van der Waals surface area (Å²) in [6, 6.07) is 9.87. The van der Waals surface area contributed by atoms with E-state index in [-0.39, 0.29) is 0 Å². The predicted molar refractivity (Wildman–Crippen MR) is 82.8 cm³/mol. The van der Waals surface area contributed by atoms with E-state index in [1.807, 2.05) is 24.3 Å². The number of nitriles is 1. The van der Waals surface area contributed by atoms with Crippen molar-refractivity contribution in [1.82, 2.24) is 10.3 Å². The Balaban J connectivity index is 1.77. The van der Waals surface area contributed by atoms with Gasteiger partial charge in [-0.3, -0.25) is 0 Å². The lowest BCUT2D eigenvalue weighted by atomic mass is 10.1. The van der Waals surface area contributed by atoms with Crippen LogP contribution in [0.3, 0.4) is 0 Å². The highest BCUT2D eigenvalue weighted by Gasteiger charge is 2.05. The Morgan fingerprint density at radius 2 is 2.25 bits per heavy atom. The molecule has 0 saturated carbocycles. The summed E-state index contributed by atoms with van der Waals surface area (Å²) < 4.78 is 0. The summed E-state index contributed by atoms with van der Waals surface area (Å²) in [5, 5.41) is 15.6. The zero-order valence-electron chi connectivity index (χ0n) is 11.9. The lowest BCUT2D eigenvalue weighted by Gasteiger charge is -2.04. The van der Waals surface area contributed by atoms with Crippen LogP contribution in [0.5, 0.6) is 0 Å². The van der Waals surface area contributed by atoms with Crippen LogP contribution < -0.4 is 5.32 Å². The van der Waals surface area contributed by atoms with Crippen molar-refractivity contribution < 1.29 is 0 Å². The van der Waals surface area contributed by atoms with E-state index in [9.17, 15) is 0 Å². The highest BCUT2D eigenvalue weighted by molar-refractivity contribution is 7.09. The van der Waals surface area contributed by atoms with Gasteiger partial charge >= 0.3 is 0 Å². The van der Waals surface area contributed by atoms with Gasteiger partial charge in [0.15, 0.2) is 0 Å². The van der Waals surface area contributed by atoms with Crippen molar-refractivity contribution >= 4 is 11.3 Å². The number of thiazole rings is 1. The van der Waals surface area contributed by atoms with E-state index in [1.165, 1.54) is 5.01 Å². The van der Waals surface area contributed by atoms with Crippen LogP contribution in [0, 0.1) is 11.3 Å². The maximum atomic E-state index is 8.85. The fourth-order valence-corrected chi connectivity index (χ4v) is 2.77. The van der Waals surface area contributed by atoms with Crippen LogP contribution in [-0.2, 0) is 13.0 Å². The first-order valence-corrected chi connectivity index (χ1v) is 7.71. The molecule has 2 aromatic rings. The molecule has 2 rings (SSSR count). The molecule has 0 fully saturated rings. The third-order valence-corrected chi connectivity index (χ3v) is 4.20. The quantitative estimate of drug-likeness (QED) is 0.827. The zero-order valence-corrected chi connectivity index (χ0v) is 12.7. The van der Waals surface area contributed by atoms with Crippen LogP contribution in [0.25, 0.3) is 0 Å². The minimum atomic E-state index is 0.510. The van der Waals surface area contributed by atoms with Crippen LogP contribution in [-0.4, -0.2) is 11.5 Å². The SMILES string of the molecule is CC(C)c1nc(CCNCc2cccc(C#N)c2)cs1. The molecule has 0 aliphatic carbocycles. The van der Waals surface area contributed by atoms with Crippen molar-refractivity contribution in [3.8, 4) is 6.07 Å². The van der Waals surface area contributed by atoms with Crippen LogP contribution in [0.4, 0.5) is 0 Å². The van der Waals surface area contributed by atoms with Gasteiger partial charge in [0.25, 0.3) is 0 Å². The molecule has 4 heteroatoms. The van der Waals surface area contributed by atoms with E-state index in [0.717, 1.165) is 30.8 Å². The van der Waals surface area contributed by atoms with Crippen molar-refractivity contribution in [2.75, 3.05) is 6.54 Å². The summed E-state index contributed by atoms with van der Waals surface area (Å²) >= 11 is 1.74. The Kier molecular flexibility index (Phi) is 5.28. The third-order valence-electron chi connectivity index (χ3n) is 3.01. The van der Waals surface area contributed by atoms with E-state index in [4.69, 9.17) is 5.26 Å². The highest BCUT2D eigenvalue weighted by atomic mass is 32.1. The van der Waals surface area contributed by atoms with Crippen molar-refractivity contribution in [1.29, 1.82) is 5.26 Å². The van der Waals surface area contributed by atoms with E-state index in [2.05, 4.69) is 35.6 Å². The fraction of sp³-hybridized carbons (Fsp3) is 0.375. The molecule has 0 radical (unpaired) electrons. The van der Waals surface area contributed by atoms with Gasteiger partial charge in [0.05, 0.1) is 22.3 Å². The Bertz CT molecular complexity index is 596. The number of benzene rings is 1. The first-order valence-electron chi connectivity index (χ1n) is 6.83. The second-order valence-electron chi connectivity index (χ2n) is 5.07. The minimum absolute atomic E-state index is 0.510. The molecule has 0 spiro atoms. The Hall–Kier alpha value is -1.70. The molecule has 0 amide bonds. The van der Waals surface area contributed by atoms with Gasteiger partial charge in [0.2, 0.25) is 0 Å². The first-order chi connectivity index (χ1) is 9.69. The molecule has 1 N–H and O–H groups in total. The Morgan fingerprint density at radius 1 is 1.40 bits per heavy atom. The van der Waals surface area contributed by atoms with Crippen LogP contribution in [0.2, 0.25) is 0 Å². The standard InChI is InChI=1S/C16H19N3S/c1-12(2)16-19-15(11-20-16)6-7-18-10-14-5-3-4-13(8-14)9-17/h3-5,8,11-12,18H,6-7,10H2,1-2H3. The summed E-state index contributed by atoms with van der Waals surface area (Å²) in [6.45, 7) is 6.03. The number of rotatable bonds is 6. The summed E-state index contributed by atoms with van der Waals surface area (Å²) in [7, 11) is 0. The molecule has 3 nitrogen and oxygen atoms in total. The van der Waals surface area contributed by atoms with Crippen LogP contribution in [0.15, 0.2) is 29.6 Å². The minimum Gasteiger partial charge on any atom is -0.312 e.